The van der Waals surface area contributed by atoms with Crippen LogP contribution in [0.5, 0.6) is 0 Å². The Morgan fingerprint density at radius 2 is 1.80 bits per heavy atom. The second-order valence-corrected chi connectivity index (χ2v) is 5.17. The molecule has 0 radical (unpaired) electrons. The largest absolute Gasteiger partial charge is 0.334 e. The Kier molecular flexibility index (Phi) is 7.67. The average Bonchev–Trinajstić information content (AvgIpc) is 2.18. The van der Waals surface area contributed by atoms with Crippen molar-refractivity contribution in [2.45, 2.75) is 27.7 Å². The zero-order valence-electron chi connectivity index (χ0n) is 10.0. The van der Waals surface area contributed by atoms with Crippen LogP contribution in [-0.2, 0) is 13.6 Å². The topological polar surface area (TPSA) is 35.5 Å². The fourth-order valence-corrected chi connectivity index (χ4v) is 2.44. The summed E-state index contributed by atoms with van der Waals surface area (Å²) in [7, 11) is -2.90. The second-order valence-electron chi connectivity index (χ2n) is 3.06. The zero-order valence-corrected chi connectivity index (χ0v) is 10.9. The summed E-state index contributed by atoms with van der Waals surface area (Å²) in [5.41, 5.74) is 1.13. The molecule has 0 N–H and O–H groups in total. The maximum Gasteiger partial charge on any atom is 0.334 e. The Labute approximate surface area is 92.7 Å². The Bertz CT molecular complexity index is 259. The molecule has 3 nitrogen and oxygen atoms in total. The van der Waals surface area contributed by atoms with Gasteiger partial charge in [0.2, 0.25) is 0 Å². The number of hydrogen-bond donors (Lipinski definition) is 0. The Morgan fingerprint density at radius 1 is 1.27 bits per heavy atom. The maximum absolute atomic E-state index is 12.0. The van der Waals surface area contributed by atoms with Crippen LogP contribution in [0, 0.1) is 0 Å². The summed E-state index contributed by atoms with van der Waals surface area (Å²) in [6.07, 6.45) is 6.08. The third-order valence-corrected chi connectivity index (χ3v) is 3.78. The first kappa shape index (κ1) is 14.6. The highest BCUT2D eigenvalue weighted by Crippen LogP contribution is 2.47. The van der Waals surface area contributed by atoms with Crippen LogP contribution in [0.2, 0.25) is 0 Å². The third kappa shape index (κ3) is 6.67. The van der Waals surface area contributed by atoms with E-state index in [1.54, 1.807) is 0 Å². The minimum Gasteiger partial charge on any atom is -0.309 e. The number of hydrogen-bond acceptors (Lipinski definition) is 3. The summed E-state index contributed by atoms with van der Waals surface area (Å²) < 4.78 is 22.3. The molecule has 0 aliphatic carbocycles. The molecule has 0 saturated carbocycles. The lowest BCUT2D eigenvalue weighted by Gasteiger charge is -2.14. The third-order valence-electron chi connectivity index (χ3n) is 1.82. The summed E-state index contributed by atoms with van der Waals surface area (Å²) in [6.45, 7) is 8.40. The van der Waals surface area contributed by atoms with E-state index in [0.717, 1.165) is 5.57 Å². The van der Waals surface area contributed by atoms with Gasteiger partial charge in [0.25, 0.3) is 0 Å². The lowest BCUT2D eigenvalue weighted by Crippen LogP contribution is -1.98. The molecular formula is C11H21O3P. The highest BCUT2D eigenvalue weighted by molar-refractivity contribution is 7.54. The molecule has 0 bridgehead atoms. The van der Waals surface area contributed by atoms with Crippen molar-refractivity contribution < 1.29 is 13.6 Å². The SMILES string of the molecule is CC=C(C)C=CCP(=O)(OCC)OCC. The number of rotatable bonds is 7. The Balaban J connectivity index is 4.30. The van der Waals surface area contributed by atoms with Crippen LogP contribution >= 0.6 is 7.60 Å². The Morgan fingerprint density at radius 3 is 2.20 bits per heavy atom. The van der Waals surface area contributed by atoms with E-state index >= 15 is 0 Å². The second kappa shape index (κ2) is 7.86. The molecule has 0 aliphatic rings. The van der Waals surface area contributed by atoms with Crippen molar-refractivity contribution in [1.29, 1.82) is 0 Å². The molecule has 0 aromatic carbocycles. The van der Waals surface area contributed by atoms with Gasteiger partial charge in [-0.1, -0.05) is 23.8 Å². The van der Waals surface area contributed by atoms with E-state index in [4.69, 9.17) is 9.05 Å². The summed E-state index contributed by atoms with van der Waals surface area (Å²) in [5.74, 6) is 0. The molecule has 0 saturated heterocycles. The summed E-state index contributed by atoms with van der Waals surface area (Å²) in [5, 5.41) is 0. The molecule has 0 amide bonds. The summed E-state index contributed by atoms with van der Waals surface area (Å²) in [4.78, 5) is 0. The van der Waals surface area contributed by atoms with Gasteiger partial charge >= 0.3 is 7.60 Å². The van der Waals surface area contributed by atoms with Crippen LogP contribution in [0.25, 0.3) is 0 Å². The molecule has 4 heteroatoms. The molecule has 0 fully saturated rings. The van der Waals surface area contributed by atoms with Gasteiger partial charge in [0.05, 0.1) is 19.4 Å². The van der Waals surface area contributed by atoms with E-state index in [1.165, 1.54) is 0 Å². The normalized spacial score (nSPS) is 13.7. The highest BCUT2D eigenvalue weighted by Gasteiger charge is 2.20. The van der Waals surface area contributed by atoms with Crippen LogP contribution in [0.1, 0.15) is 27.7 Å². The molecule has 15 heavy (non-hydrogen) atoms. The molecule has 88 valence electrons. The fraction of sp³-hybridized carbons (Fsp3) is 0.636. The van der Waals surface area contributed by atoms with Gasteiger partial charge in [0.1, 0.15) is 0 Å². The van der Waals surface area contributed by atoms with Crippen molar-refractivity contribution in [3.63, 3.8) is 0 Å². The first-order chi connectivity index (χ1) is 7.08. The molecule has 0 unspecified atom stereocenters. The lowest BCUT2D eigenvalue weighted by molar-refractivity contribution is 0.222. The van der Waals surface area contributed by atoms with Gasteiger partial charge in [-0.15, -0.1) is 0 Å². The minimum absolute atomic E-state index is 0.333. The molecule has 0 aromatic heterocycles. The quantitative estimate of drug-likeness (QED) is 0.495. The molecule has 0 spiro atoms. The van der Waals surface area contributed by atoms with Crippen molar-refractivity contribution >= 4 is 7.60 Å². The minimum atomic E-state index is -2.90. The van der Waals surface area contributed by atoms with E-state index in [-0.39, 0.29) is 0 Å². The van der Waals surface area contributed by atoms with Crippen molar-refractivity contribution in [2.24, 2.45) is 0 Å². The molecule has 0 rings (SSSR count). The highest BCUT2D eigenvalue weighted by atomic mass is 31.2. The van der Waals surface area contributed by atoms with Crippen LogP contribution < -0.4 is 0 Å². The molecule has 0 heterocycles. The predicted octanol–water partition coefficient (Wildman–Crippen LogP) is 3.77. The van der Waals surface area contributed by atoms with Crippen LogP contribution in [0.3, 0.4) is 0 Å². The predicted molar refractivity (Wildman–Crippen MR) is 64.3 cm³/mol. The monoisotopic (exact) mass is 232 g/mol. The van der Waals surface area contributed by atoms with Crippen LogP contribution in [0.4, 0.5) is 0 Å². The smallest absolute Gasteiger partial charge is 0.309 e. The maximum atomic E-state index is 12.0. The van der Waals surface area contributed by atoms with Gasteiger partial charge in [-0.3, -0.25) is 4.57 Å². The molecular weight excluding hydrogens is 211 g/mol. The molecule has 0 aliphatic heterocycles. The van der Waals surface area contributed by atoms with Gasteiger partial charge in [-0.25, -0.2) is 0 Å². The Hall–Kier alpha value is -0.370. The molecule has 0 aromatic rings. The average molecular weight is 232 g/mol. The molecule has 0 atom stereocenters. The van der Waals surface area contributed by atoms with Gasteiger partial charge < -0.3 is 9.05 Å². The van der Waals surface area contributed by atoms with E-state index in [2.05, 4.69) is 0 Å². The van der Waals surface area contributed by atoms with Crippen molar-refractivity contribution in [3.05, 3.63) is 23.8 Å². The van der Waals surface area contributed by atoms with Crippen molar-refractivity contribution in [2.75, 3.05) is 19.4 Å². The standard InChI is InChI=1S/C11H21O3P/c1-5-11(4)9-8-10-15(12,13-6-2)14-7-3/h5,8-9H,6-7,10H2,1-4H3. The van der Waals surface area contributed by atoms with Crippen molar-refractivity contribution in [3.8, 4) is 0 Å². The summed E-state index contributed by atoms with van der Waals surface area (Å²) in [6, 6.07) is 0. The van der Waals surface area contributed by atoms with Crippen LogP contribution in [0.15, 0.2) is 23.8 Å². The van der Waals surface area contributed by atoms with Gasteiger partial charge in [0, 0.05) is 0 Å². The van der Waals surface area contributed by atoms with Crippen LogP contribution in [-0.4, -0.2) is 19.4 Å². The van der Waals surface area contributed by atoms with E-state index in [0.29, 0.717) is 19.4 Å². The van der Waals surface area contributed by atoms with E-state index < -0.39 is 7.60 Å². The van der Waals surface area contributed by atoms with Gasteiger partial charge in [0.15, 0.2) is 0 Å². The summed E-state index contributed by atoms with van der Waals surface area (Å²) >= 11 is 0. The lowest BCUT2D eigenvalue weighted by atomic mass is 10.3. The van der Waals surface area contributed by atoms with E-state index in [1.807, 2.05) is 45.9 Å². The van der Waals surface area contributed by atoms with Gasteiger partial charge in [-0.2, -0.15) is 0 Å². The number of allylic oxidation sites excluding steroid dienone is 4. The van der Waals surface area contributed by atoms with Gasteiger partial charge in [-0.05, 0) is 27.7 Å². The van der Waals surface area contributed by atoms with E-state index in [9.17, 15) is 4.57 Å². The zero-order chi connectivity index (χ0) is 11.7. The van der Waals surface area contributed by atoms with Crippen molar-refractivity contribution in [1.82, 2.24) is 0 Å². The fourth-order valence-electron chi connectivity index (χ4n) is 1.000. The first-order valence-corrected chi connectivity index (χ1v) is 6.98. The first-order valence-electron chi connectivity index (χ1n) is 5.25.